The van der Waals surface area contributed by atoms with Gasteiger partial charge in [0.05, 0.1) is 6.04 Å². The van der Waals surface area contributed by atoms with Crippen molar-refractivity contribution in [2.24, 2.45) is 0 Å². The maximum atomic E-state index is 10.0. The van der Waals surface area contributed by atoms with Gasteiger partial charge >= 0.3 is 0 Å². The Morgan fingerprint density at radius 3 is 2.63 bits per heavy atom. The normalized spacial score (nSPS) is 15.9. The van der Waals surface area contributed by atoms with Crippen molar-refractivity contribution in [3.63, 3.8) is 0 Å². The second-order valence-electron chi connectivity index (χ2n) is 5.16. The van der Waals surface area contributed by atoms with Crippen LogP contribution in [-0.4, -0.2) is 11.7 Å². The van der Waals surface area contributed by atoms with Crippen LogP contribution >= 0.6 is 0 Å². The number of anilines is 1. The molecule has 2 nitrogen and oxygen atoms in total. The fourth-order valence-corrected chi connectivity index (χ4v) is 2.97. The second-order valence-corrected chi connectivity index (χ2v) is 5.16. The number of aromatic hydroxyl groups is 1. The van der Waals surface area contributed by atoms with Gasteiger partial charge in [0.2, 0.25) is 0 Å². The quantitative estimate of drug-likeness (QED) is 0.877. The van der Waals surface area contributed by atoms with Crippen molar-refractivity contribution >= 4 is 5.69 Å². The molecule has 0 aliphatic carbocycles. The van der Waals surface area contributed by atoms with Crippen LogP contribution in [0.15, 0.2) is 48.5 Å². The van der Waals surface area contributed by atoms with E-state index in [1.807, 2.05) is 18.2 Å². The average Bonchev–Trinajstić information content (AvgIpc) is 2.46. The lowest BCUT2D eigenvalue weighted by molar-refractivity contribution is 0.459. The maximum absolute atomic E-state index is 10.0. The summed E-state index contributed by atoms with van der Waals surface area (Å²) in [6.07, 6.45) is 2.33. The van der Waals surface area contributed by atoms with E-state index in [0.717, 1.165) is 18.5 Å². The Bertz CT molecular complexity index is 579. The summed E-state index contributed by atoms with van der Waals surface area (Å²) in [6, 6.07) is 16.4. The molecule has 2 aromatic rings. The zero-order valence-corrected chi connectivity index (χ0v) is 11.2. The first-order chi connectivity index (χ1) is 9.27. The van der Waals surface area contributed by atoms with Crippen molar-refractivity contribution in [1.29, 1.82) is 0 Å². The molecular weight excluding hydrogens is 234 g/mol. The van der Waals surface area contributed by atoms with Crippen LogP contribution in [0.25, 0.3) is 0 Å². The first-order valence-corrected chi connectivity index (χ1v) is 6.90. The van der Waals surface area contributed by atoms with Gasteiger partial charge in [0, 0.05) is 17.8 Å². The van der Waals surface area contributed by atoms with E-state index in [-0.39, 0.29) is 6.04 Å². The molecule has 1 aliphatic rings. The monoisotopic (exact) mass is 253 g/mol. The van der Waals surface area contributed by atoms with Gasteiger partial charge in [-0.3, -0.25) is 0 Å². The van der Waals surface area contributed by atoms with Crippen LogP contribution in [0, 0.1) is 0 Å². The molecule has 19 heavy (non-hydrogen) atoms. The molecule has 1 heterocycles. The van der Waals surface area contributed by atoms with Gasteiger partial charge in [-0.15, -0.1) is 0 Å². The number of phenols is 1. The predicted octanol–water partition coefficient (Wildman–Crippen LogP) is 3.91. The Hall–Kier alpha value is -1.96. The summed E-state index contributed by atoms with van der Waals surface area (Å²) in [5.74, 6) is 0.387. The summed E-state index contributed by atoms with van der Waals surface area (Å²) in [6.45, 7) is 3.21. The zero-order chi connectivity index (χ0) is 13.2. The summed E-state index contributed by atoms with van der Waals surface area (Å²) in [4.78, 5) is 2.40. The van der Waals surface area contributed by atoms with Crippen LogP contribution in [0.3, 0.4) is 0 Å². The summed E-state index contributed by atoms with van der Waals surface area (Å²) in [7, 11) is 0. The standard InChI is InChI=1S/C17H19NO/c1-13(15-9-3-5-11-17(15)19)18-12-6-8-14-7-2-4-10-16(14)18/h2-5,7,9-11,13,19H,6,8,12H2,1H3. The molecule has 2 aromatic carbocycles. The highest BCUT2D eigenvalue weighted by Crippen LogP contribution is 2.36. The van der Waals surface area contributed by atoms with E-state index < -0.39 is 0 Å². The predicted molar refractivity (Wildman–Crippen MR) is 78.6 cm³/mol. The Kier molecular flexibility index (Phi) is 3.16. The van der Waals surface area contributed by atoms with Crippen LogP contribution in [0.2, 0.25) is 0 Å². The van der Waals surface area contributed by atoms with Crippen molar-refractivity contribution in [1.82, 2.24) is 0 Å². The first-order valence-electron chi connectivity index (χ1n) is 6.90. The smallest absolute Gasteiger partial charge is 0.120 e. The molecule has 98 valence electrons. The number of nitrogens with zero attached hydrogens (tertiary/aromatic N) is 1. The van der Waals surface area contributed by atoms with Gasteiger partial charge in [-0.1, -0.05) is 36.4 Å². The molecule has 2 heteroatoms. The third-order valence-corrected chi connectivity index (χ3v) is 4.00. The van der Waals surface area contributed by atoms with Gasteiger partial charge in [-0.05, 0) is 37.5 Å². The second kappa shape index (κ2) is 4.96. The lowest BCUT2D eigenvalue weighted by Crippen LogP contribution is -2.32. The highest BCUT2D eigenvalue weighted by molar-refractivity contribution is 5.57. The minimum absolute atomic E-state index is 0.197. The third-order valence-electron chi connectivity index (χ3n) is 4.00. The molecule has 1 N–H and O–H groups in total. The first kappa shape index (κ1) is 12.1. The molecule has 0 amide bonds. The average molecular weight is 253 g/mol. The van der Waals surface area contributed by atoms with Gasteiger partial charge in [-0.2, -0.15) is 0 Å². The number of para-hydroxylation sites is 2. The molecule has 0 spiro atoms. The fraction of sp³-hybridized carbons (Fsp3) is 0.294. The van der Waals surface area contributed by atoms with Gasteiger partial charge in [0.15, 0.2) is 0 Å². The van der Waals surface area contributed by atoms with Crippen molar-refractivity contribution in [3.05, 3.63) is 59.7 Å². The van der Waals surface area contributed by atoms with E-state index in [9.17, 15) is 5.11 Å². The molecule has 0 bridgehead atoms. The van der Waals surface area contributed by atoms with E-state index in [1.165, 1.54) is 17.7 Å². The summed E-state index contributed by atoms with van der Waals surface area (Å²) >= 11 is 0. The summed E-state index contributed by atoms with van der Waals surface area (Å²) < 4.78 is 0. The maximum Gasteiger partial charge on any atom is 0.120 e. The minimum atomic E-state index is 0.197. The fourth-order valence-electron chi connectivity index (χ4n) is 2.97. The van der Waals surface area contributed by atoms with Gasteiger partial charge < -0.3 is 10.0 Å². The van der Waals surface area contributed by atoms with Crippen molar-refractivity contribution in [2.75, 3.05) is 11.4 Å². The van der Waals surface area contributed by atoms with E-state index in [2.05, 4.69) is 36.1 Å². The Balaban J connectivity index is 1.98. The molecule has 1 atom stereocenters. The number of hydrogen-bond acceptors (Lipinski definition) is 2. The molecule has 0 fully saturated rings. The largest absolute Gasteiger partial charge is 0.508 e. The zero-order valence-electron chi connectivity index (χ0n) is 11.2. The highest BCUT2D eigenvalue weighted by atomic mass is 16.3. The van der Waals surface area contributed by atoms with Crippen molar-refractivity contribution in [3.8, 4) is 5.75 Å². The van der Waals surface area contributed by atoms with E-state index in [1.54, 1.807) is 6.07 Å². The number of benzene rings is 2. The van der Waals surface area contributed by atoms with Crippen LogP contribution in [-0.2, 0) is 6.42 Å². The van der Waals surface area contributed by atoms with Gasteiger partial charge in [0.1, 0.15) is 5.75 Å². The van der Waals surface area contributed by atoms with Crippen LogP contribution < -0.4 is 4.90 Å². The number of hydrogen-bond donors (Lipinski definition) is 1. The lowest BCUT2D eigenvalue weighted by Gasteiger charge is -2.36. The SMILES string of the molecule is CC(c1ccccc1O)N1CCCc2ccccc21. The molecule has 0 saturated carbocycles. The summed E-state index contributed by atoms with van der Waals surface area (Å²) in [5.41, 5.74) is 3.72. The Morgan fingerprint density at radius 2 is 1.79 bits per heavy atom. The molecule has 3 rings (SSSR count). The summed E-state index contributed by atoms with van der Waals surface area (Å²) in [5, 5.41) is 10.0. The van der Waals surface area contributed by atoms with E-state index in [0.29, 0.717) is 5.75 Å². The minimum Gasteiger partial charge on any atom is -0.508 e. The van der Waals surface area contributed by atoms with E-state index >= 15 is 0 Å². The lowest BCUT2D eigenvalue weighted by atomic mass is 9.97. The highest BCUT2D eigenvalue weighted by Gasteiger charge is 2.23. The van der Waals surface area contributed by atoms with Crippen LogP contribution in [0.5, 0.6) is 5.75 Å². The van der Waals surface area contributed by atoms with Crippen molar-refractivity contribution < 1.29 is 5.11 Å². The third kappa shape index (κ3) is 2.19. The molecule has 0 radical (unpaired) electrons. The topological polar surface area (TPSA) is 23.5 Å². The Labute approximate surface area is 114 Å². The van der Waals surface area contributed by atoms with Gasteiger partial charge in [0.25, 0.3) is 0 Å². The van der Waals surface area contributed by atoms with Crippen LogP contribution in [0.4, 0.5) is 5.69 Å². The molecule has 0 aromatic heterocycles. The van der Waals surface area contributed by atoms with E-state index in [4.69, 9.17) is 0 Å². The molecule has 0 saturated heterocycles. The van der Waals surface area contributed by atoms with Crippen molar-refractivity contribution in [2.45, 2.75) is 25.8 Å². The number of aryl methyl sites for hydroxylation is 1. The molecular formula is C17H19NO. The molecule has 1 aliphatic heterocycles. The molecule has 1 unspecified atom stereocenters. The number of phenolic OH excluding ortho intramolecular Hbond substituents is 1. The number of fused-ring (bicyclic) bond motifs is 1. The van der Waals surface area contributed by atoms with Crippen LogP contribution in [0.1, 0.15) is 30.5 Å². The van der Waals surface area contributed by atoms with Gasteiger partial charge in [-0.25, -0.2) is 0 Å². The Morgan fingerprint density at radius 1 is 1.05 bits per heavy atom. The number of rotatable bonds is 2.